The molecule has 0 aliphatic rings. The predicted molar refractivity (Wildman–Crippen MR) is 76.5 cm³/mol. The van der Waals surface area contributed by atoms with E-state index >= 15 is 0 Å². The second-order valence-electron chi connectivity index (χ2n) is 3.99. The van der Waals surface area contributed by atoms with Crippen LogP contribution in [0.3, 0.4) is 0 Å². The first-order chi connectivity index (χ1) is 8.06. The maximum absolute atomic E-state index is 5.90. The summed E-state index contributed by atoms with van der Waals surface area (Å²) >= 11 is 3.35. The van der Waals surface area contributed by atoms with Gasteiger partial charge >= 0.3 is 0 Å². The van der Waals surface area contributed by atoms with Gasteiger partial charge in [-0.25, -0.2) is 0 Å². The molecule has 0 spiro atoms. The molecule has 98 valence electrons. The summed E-state index contributed by atoms with van der Waals surface area (Å²) in [7, 11) is 3.90. The van der Waals surface area contributed by atoms with Crippen LogP contribution in [0.1, 0.15) is 5.82 Å². The third kappa shape index (κ3) is 3.44. The number of nitrogens with zero attached hydrogens (tertiary/aromatic N) is 3. The fraction of sp³-hybridized carbons (Fsp3) is 0.273. The lowest BCUT2D eigenvalue weighted by atomic mass is 10.2. The van der Waals surface area contributed by atoms with Crippen LogP contribution in [0.5, 0.6) is 0 Å². The number of benzene rings is 1. The quantitative estimate of drug-likeness (QED) is 0.874. The summed E-state index contributed by atoms with van der Waals surface area (Å²) in [5.74, 6) is 1.10. The average Bonchev–Trinajstić information content (AvgIpc) is 2.65. The summed E-state index contributed by atoms with van der Waals surface area (Å²) in [5.41, 5.74) is 7.26. The van der Waals surface area contributed by atoms with Crippen LogP contribution in [0.4, 0.5) is 5.69 Å². The van der Waals surface area contributed by atoms with E-state index < -0.39 is 0 Å². The molecule has 1 aromatic heterocycles. The van der Waals surface area contributed by atoms with Crippen molar-refractivity contribution >= 4 is 34.0 Å². The summed E-state index contributed by atoms with van der Waals surface area (Å²) in [6.45, 7) is 0.639. The highest BCUT2D eigenvalue weighted by atomic mass is 79.9. The summed E-state index contributed by atoms with van der Waals surface area (Å²) in [6, 6.07) is 5.55. The number of nitrogen functional groups attached to an aromatic ring is 1. The standard InChI is InChI=1S/C11H13BrN4O.ClH/c1-16(2)6-10-14-11(17-15-10)8-4-3-7(12)5-9(8)13;/h3-5H,6,13H2,1-2H3;1H. The molecule has 0 unspecified atom stereocenters. The van der Waals surface area contributed by atoms with Crippen molar-refractivity contribution in [1.29, 1.82) is 0 Å². The Hall–Kier alpha value is -1.11. The van der Waals surface area contributed by atoms with E-state index in [2.05, 4.69) is 26.1 Å². The lowest BCUT2D eigenvalue weighted by molar-refractivity contribution is 0.365. The Labute approximate surface area is 120 Å². The molecule has 0 bridgehead atoms. The average molecular weight is 334 g/mol. The van der Waals surface area contributed by atoms with Gasteiger partial charge in [0, 0.05) is 10.2 Å². The van der Waals surface area contributed by atoms with Gasteiger partial charge in [0.1, 0.15) is 0 Å². The first-order valence-electron chi connectivity index (χ1n) is 5.09. The van der Waals surface area contributed by atoms with Gasteiger partial charge in [-0.05, 0) is 32.3 Å². The zero-order chi connectivity index (χ0) is 12.4. The molecule has 18 heavy (non-hydrogen) atoms. The molecule has 0 saturated carbocycles. The van der Waals surface area contributed by atoms with Gasteiger partial charge in [-0.15, -0.1) is 12.4 Å². The van der Waals surface area contributed by atoms with Crippen molar-refractivity contribution in [2.45, 2.75) is 6.54 Å². The van der Waals surface area contributed by atoms with Crippen LogP contribution in [0.15, 0.2) is 27.2 Å². The molecule has 5 nitrogen and oxygen atoms in total. The van der Waals surface area contributed by atoms with E-state index in [9.17, 15) is 0 Å². The number of aromatic nitrogens is 2. The van der Waals surface area contributed by atoms with Crippen molar-refractivity contribution in [1.82, 2.24) is 15.0 Å². The van der Waals surface area contributed by atoms with E-state index in [0.717, 1.165) is 10.0 Å². The number of halogens is 2. The third-order valence-electron chi connectivity index (χ3n) is 2.17. The van der Waals surface area contributed by atoms with Gasteiger partial charge in [-0.2, -0.15) is 4.98 Å². The largest absolute Gasteiger partial charge is 0.398 e. The van der Waals surface area contributed by atoms with Crippen molar-refractivity contribution in [3.63, 3.8) is 0 Å². The summed E-state index contributed by atoms with van der Waals surface area (Å²) in [5, 5.41) is 3.90. The normalized spacial score (nSPS) is 10.4. The molecule has 0 saturated heterocycles. The second kappa shape index (κ2) is 6.17. The Morgan fingerprint density at radius 2 is 2.11 bits per heavy atom. The molecule has 2 N–H and O–H groups in total. The zero-order valence-corrected chi connectivity index (χ0v) is 12.5. The van der Waals surface area contributed by atoms with Crippen LogP contribution in [-0.4, -0.2) is 29.1 Å². The van der Waals surface area contributed by atoms with Crippen LogP contribution in [0.2, 0.25) is 0 Å². The molecule has 0 aliphatic heterocycles. The highest BCUT2D eigenvalue weighted by Crippen LogP contribution is 2.27. The monoisotopic (exact) mass is 332 g/mol. The molecule has 7 heteroatoms. The smallest absolute Gasteiger partial charge is 0.260 e. The van der Waals surface area contributed by atoms with E-state index in [4.69, 9.17) is 10.3 Å². The Kier molecular flexibility index (Phi) is 5.13. The van der Waals surface area contributed by atoms with E-state index in [0.29, 0.717) is 23.9 Å². The number of nitrogens with two attached hydrogens (primary N) is 1. The molecule has 0 radical (unpaired) electrons. The first-order valence-corrected chi connectivity index (χ1v) is 5.88. The maximum Gasteiger partial charge on any atom is 0.260 e. The van der Waals surface area contributed by atoms with E-state index in [1.165, 1.54) is 0 Å². The van der Waals surface area contributed by atoms with Crippen molar-refractivity contribution in [3.8, 4) is 11.5 Å². The number of rotatable bonds is 3. The molecule has 0 atom stereocenters. The molecule has 0 aliphatic carbocycles. The molecule has 2 rings (SSSR count). The second-order valence-corrected chi connectivity index (χ2v) is 4.90. The van der Waals surface area contributed by atoms with Crippen LogP contribution >= 0.6 is 28.3 Å². The molecule has 0 amide bonds. The Bertz CT molecular complexity index is 530. The number of hydrogen-bond acceptors (Lipinski definition) is 5. The SMILES string of the molecule is CN(C)Cc1noc(-c2ccc(Br)cc2N)n1.Cl. The van der Waals surface area contributed by atoms with Gasteiger partial charge in [0.25, 0.3) is 5.89 Å². The maximum atomic E-state index is 5.90. The minimum atomic E-state index is 0. The minimum absolute atomic E-state index is 0. The number of anilines is 1. The summed E-state index contributed by atoms with van der Waals surface area (Å²) < 4.78 is 6.11. The topological polar surface area (TPSA) is 68.2 Å². The molecular formula is C11H14BrClN4O. The van der Waals surface area contributed by atoms with E-state index in [1.54, 1.807) is 0 Å². The van der Waals surface area contributed by atoms with Crippen molar-refractivity contribution in [2.75, 3.05) is 19.8 Å². The van der Waals surface area contributed by atoms with Crippen LogP contribution < -0.4 is 5.73 Å². The zero-order valence-electron chi connectivity index (χ0n) is 10.1. The Balaban J connectivity index is 0.00000162. The highest BCUT2D eigenvalue weighted by Gasteiger charge is 2.12. The highest BCUT2D eigenvalue weighted by molar-refractivity contribution is 9.10. The molecule has 1 heterocycles. The van der Waals surface area contributed by atoms with Gasteiger partial charge in [0.05, 0.1) is 12.1 Å². The lowest BCUT2D eigenvalue weighted by Crippen LogP contribution is -2.11. The van der Waals surface area contributed by atoms with E-state index in [-0.39, 0.29) is 12.4 Å². The summed E-state index contributed by atoms with van der Waals surface area (Å²) in [4.78, 5) is 6.27. The van der Waals surface area contributed by atoms with Gasteiger partial charge in [-0.1, -0.05) is 21.1 Å². The minimum Gasteiger partial charge on any atom is -0.398 e. The fourth-order valence-electron chi connectivity index (χ4n) is 1.44. The van der Waals surface area contributed by atoms with Crippen molar-refractivity contribution < 1.29 is 4.52 Å². The van der Waals surface area contributed by atoms with Crippen LogP contribution in [-0.2, 0) is 6.54 Å². The van der Waals surface area contributed by atoms with Gasteiger partial charge in [-0.3, -0.25) is 0 Å². The predicted octanol–water partition coefficient (Wildman–Crippen LogP) is 2.56. The molecule has 0 fully saturated rings. The van der Waals surface area contributed by atoms with Crippen molar-refractivity contribution in [2.24, 2.45) is 0 Å². The van der Waals surface area contributed by atoms with Crippen LogP contribution in [0.25, 0.3) is 11.5 Å². The van der Waals surface area contributed by atoms with Gasteiger partial charge < -0.3 is 15.2 Å². The summed E-state index contributed by atoms with van der Waals surface area (Å²) in [6.07, 6.45) is 0. The Morgan fingerprint density at radius 1 is 1.39 bits per heavy atom. The Morgan fingerprint density at radius 3 is 2.72 bits per heavy atom. The molecule has 1 aromatic carbocycles. The third-order valence-corrected chi connectivity index (χ3v) is 2.66. The molecular weight excluding hydrogens is 320 g/mol. The van der Waals surface area contributed by atoms with Crippen LogP contribution in [0, 0.1) is 0 Å². The number of hydrogen-bond donors (Lipinski definition) is 1. The molecule has 2 aromatic rings. The fourth-order valence-corrected chi connectivity index (χ4v) is 1.82. The van der Waals surface area contributed by atoms with Gasteiger partial charge in [0.15, 0.2) is 5.82 Å². The van der Waals surface area contributed by atoms with E-state index in [1.807, 2.05) is 37.2 Å². The first kappa shape index (κ1) is 14.9. The van der Waals surface area contributed by atoms with Gasteiger partial charge in [0.2, 0.25) is 0 Å². The van der Waals surface area contributed by atoms with Crippen molar-refractivity contribution in [3.05, 3.63) is 28.5 Å². The lowest BCUT2D eigenvalue weighted by Gasteiger charge is -2.03.